The molecule has 0 aliphatic heterocycles. The van der Waals surface area contributed by atoms with Crippen LogP contribution in [0.4, 0.5) is 0 Å². The molecule has 1 aliphatic rings. The lowest BCUT2D eigenvalue weighted by molar-refractivity contribution is -0.158. The molecule has 0 aromatic heterocycles. The van der Waals surface area contributed by atoms with E-state index in [-0.39, 0.29) is 17.2 Å². The highest BCUT2D eigenvalue weighted by molar-refractivity contribution is 5.86. The molecule has 0 amide bonds. The molecule has 1 rings (SSSR count). The van der Waals surface area contributed by atoms with Crippen molar-refractivity contribution in [3.63, 3.8) is 0 Å². The van der Waals surface area contributed by atoms with Gasteiger partial charge in [0.2, 0.25) is 0 Å². The Balaban J connectivity index is 2.45. The van der Waals surface area contributed by atoms with Crippen molar-refractivity contribution < 1.29 is 14.3 Å². The van der Waals surface area contributed by atoms with Crippen molar-refractivity contribution in [1.82, 2.24) is 0 Å². The first kappa shape index (κ1) is 12.2. The van der Waals surface area contributed by atoms with Gasteiger partial charge < -0.3 is 4.74 Å². The van der Waals surface area contributed by atoms with E-state index in [2.05, 4.69) is 13.8 Å². The van der Waals surface area contributed by atoms with Gasteiger partial charge in [-0.15, -0.1) is 0 Å². The Kier molecular flexibility index (Phi) is 3.89. The fourth-order valence-corrected chi connectivity index (χ4v) is 1.90. The van der Waals surface area contributed by atoms with Crippen LogP contribution in [0.3, 0.4) is 0 Å². The second kappa shape index (κ2) is 4.77. The van der Waals surface area contributed by atoms with E-state index in [1.54, 1.807) is 0 Å². The lowest BCUT2D eigenvalue weighted by Crippen LogP contribution is -2.36. The maximum atomic E-state index is 11.7. The van der Waals surface area contributed by atoms with E-state index in [9.17, 15) is 9.59 Å². The fourth-order valence-electron chi connectivity index (χ4n) is 1.90. The number of ether oxygens (including phenoxy) is 1. The molecular weight excluding hydrogens is 192 g/mol. The van der Waals surface area contributed by atoms with Crippen LogP contribution in [0, 0.1) is 5.41 Å². The highest BCUT2D eigenvalue weighted by Crippen LogP contribution is 2.34. The third-order valence-corrected chi connectivity index (χ3v) is 2.82. The summed E-state index contributed by atoms with van der Waals surface area (Å²) >= 11 is 0. The van der Waals surface area contributed by atoms with Crippen molar-refractivity contribution in [3.05, 3.63) is 0 Å². The monoisotopic (exact) mass is 212 g/mol. The average Bonchev–Trinajstić information content (AvgIpc) is 2.10. The maximum Gasteiger partial charge on any atom is 0.306 e. The third-order valence-electron chi connectivity index (χ3n) is 2.82. The van der Waals surface area contributed by atoms with Crippen LogP contribution in [-0.2, 0) is 14.3 Å². The van der Waals surface area contributed by atoms with E-state index in [0.29, 0.717) is 19.3 Å². The Bertz CT molecular complexity index is 256. The zero-order chi connectivity index (χ0) is 11.5. The van der Waals surface area contributed by atoms with Gasteiger partial charge in [-0.3, -0.25) is 9.59 Å². The van der Waals surface area contributed by atoms with Crippen molar-refractivity contribution in [2.75, 3.05) is 0 Å². The minimum Gasteiger partial charge on any atom is -0.454 e. The number of esters is 1. The second-order valence-corrected chi connectivity index (χ2v) is 5.07. The van der Waals surface area contributed by atoms with Crippen molar-refractivity contribution in [2.24, 2.45) is 5.41 Å². The van der Waals surface area contributed by atoms with E-state index in [4.69, 9.17) is 4.74 Å². The lowest BCUT2D eigenvalue weighted by Gasteiger charge is -2.32. The summed E-state index contributed by atoms with van der Waals surface area (Å²) < 4.78 is 5.15. The van der Waals surface area contributed by atoms with Crippen molar-refractivity contribution in [2.45, 2.75) is 59.0 Å². The third kappa shape index (κ3) is 3.65. The normalized spacial score (nSPS) is 25.0. The first-order valence-corrected chi connectivity index (χ1v) is 5.67. The molecule has 0 aromatic rings. The van der Waals surface area contributed by atoms with E-state index >= 15 is 0 Å². The second-order valence-electron chi connectivity index (χ2n) is 5.07. The Hall–Kier alpha value is -0.860. The molecule has 0 bridgehead atoms. The van der Waals surface area contributed by atoms with Crippen LogP contribution < -0.4 is 0 Å². The summed E-state index contributed by atoms with van der Waals surface area (Å²) in [4.78, 5) is 22.9. The van der Waals surface area contributed by atoms with Crippen LogP contribution in [0.1, 0.15) is 52.9 Å². The lowest BCUT2D eigenvalue weighted by atomic mass is 9.76. The van der Waals surface area contributed by atoms with Crippen LogP contribution in [0.5, 0.6) is 0 Å². The summed E-state index contributed by atoms with van der Waals surface area (Å²) in [5.41, 5.74) is 0.0742. The Morgan fingerprint density at radius 3 is 2.73 bits per heavy atom. The van der Waals surface area contributed by atoms with Crippen LogP contribution in [0.25, 0.3) is 0 Å². The molecule has 3 nitrogen and oxygen atoms in total. The molecule has 1 aliphatic carbocycles. The summed E-state index contributed by atoms with van der Waals surface area (Å²) in [5, 5.41) is 0. The smallest absolute Gasteiger partial charge is 0.306 e. The average molecular weight is 212 g/mol. The summed E-state index contributed by atoms with van der Waals surface area (Å²) in [6.07, 6.45) is 2.86. The van der Waals surface area contributed by atoms with Gasteiger partial charge in [-0.1, -0.05) is 20.8 Å². The van der Waals surface area contributed by atoms with Crippen LogP contribution in [0.2, 0.25) is 0 Å². The Morgan fingerprint density at radius 1 is 1.53 bits per heavy atom. The number of Topliss-reactive ketones (excluding diaryl/α,β-unsaturated/α-hetero) is 1. The van der Waals surface area contributed by atoms with Gasteiger partial charge in [-0.2, -0.15) is 0 Å². The maximum absolute atomic E-state index is 11.7. The molecular formula is C12H20O3. The molecule has 0 saturated heterocycles. The number of carbonyl (C=O) groups excluding carboxylic acids is 2. The number of hydrogen-bond acceptors (Lipinski definition) is 3. The van der Waals surface area contributed by atoms with Crippen LogP contribution >= 0.6 is 0 Å². The van der Waals surface area contributed by atoms with E-state index in [1.807, 2.05) is 6.92 Å². The van der Waals surface area contributed by atoms with Gasteiger partial charge in [0, 0.05) is 12.8 Å². The first-order valence-electron chi connectivity index (χ1n) is 5.67. The van der Waals surface area contributed by atoms with Gasteiger partial charge in [0.1, 0.15) is 0 Å². The highest BCUT2D eigenvalue weighted by Gasteiger charge is 2.35. The Morgan fingerprint density at radius 2 is 2.20 bits per heavy atom. The largest absolute Gasteiger partial charge is 0.454 e. The molecule has 0 aromatic carbocycles. The van der Waals surface area contributed by atoms with Gasteiger partial charge >= 0.3 is 5.97 Å². The molecule has 0 N–H and O–H groups in total. The van der Waals surface area contributed by atoms with Gasteiger partial charge in [0.15, 0.2) is 11.9 Å². The zero-order valence-electron chi connectivity index (χ0n) is 9.84. The van der Waals surface area contributed by atoms with Gasteiger partial charge in [0.05, 0.1) is 0 Å². The molecule has 0 radical (unpaired) electrons. The van der Waals surface area contributed by atoms with E-state index < -0.39 is 6.10 Å². The van der Waals surface area contributed by atoms with Crippen molar-refractivity contribution in [1.29, 1.82) is 0 Å². The van der Waals surface area contributed by atoms with Crippen LogP contribution in [0.15, 0.2) is 0 Å². The zero-order valence-corrected chi connectivity index (χ0v) is 9.84. The molecule has 1 fully saturated rings. The molecule has 1 saturated carbocycles. The number of ketones is 1. The standard InChI is InChI=1S/C12H20O3/c1-4-5-11(14)15-10-6-7-12(2,3)8-9(10)13/h10H,4-8H2,1-3H3. The molecule has 1 unspecified atom stereocenters. The topological polar surface area (TPSA) is 43.4 Å². The van der Waals surface area contributed by atoms with Crippen molar-refractivity contribution >= 4 is 11.8 Å². The SMILES string of the molecule is CCCC(=O)OC1CCC(C)(C)CC1=O. The summed E-state index contributed by atoms with van der Waals surface area (Å²) in [7, 11) is 0. The number of rotatable bonds is 3. The van der Waals surface area contributed by atoms with E-state index in [0.717, 1.165) is 12.8 Å². The Labute approximate surface area is 91.2 Å². The molecule has 0 spiro atoms. The number of hydrogen-bond donors (Lipinski definition) is 0. The minimum atomic E-state index is -0.475. The summed E-state index contributed by atoms with van der Waals surface area (Å²) in [6, 6.07) is 0. The van der Waals surface area contributed by atoms with E-state index in [1.165, 1.54) is 0 Å². The fraction of sp³-hybridized carbons (Fsp3) is 0.833. The first-order chi connectivity index (χ1) is 6.94. The van der Waals surface area contributed by atoms with Gasteiger partial charge in [-0.05, 0) is 24.7 Å². The predicted molar refractivity (Wildman–Crippen MR) is 57.4 cm³/mol. The van der Waals surface area contributed by atoms with Crippen molar-refractivity contribution in [3.8, 4) is 0 Å². The predicted octanol–water partition coefficient (Wildman–Crippen LogP) is 2.48. The van der Waals surface area contributed by atoms with Gasteiger partial charge in [0.25, 0.3) is 0 Å². The van der Waals surface area contributed by atoms with Gasteiger partial charge in [-0.25, -0.2) is 0 Å². The molecule has 15 heavy (non-hydrogen) atoms. The quantitative estimate of drug-likeness (QED) is 0.675. The summed E-state index contributed by atoms with van der Waals surface area (Å²) in [6.45, 7) is 6.08. The van der Waals surface area contributed by atoms with Crippen LogP contribution in [-0.4, -0.2) is 17.9 Å². The molecule has 0 heterocycles. The highest BCUT2D eigenvalue weighted by atomic mass is 16.5. The number of carbonyl (C=O) groups is 2. The molecule has 3 heteroatoms. The summed E-state index contributed by atoms with van der Waals surface area (Å²) in [5.74, 6) is -0.161. The minimum absolute atomic E-state index is 0.0742. The molecule has 1 atom stereocenters. The molecule has 86 valence electrons.